The molecule has 0 aliphatic carbocycles. The molecule has 2 rings (SSSR count). The molecular weight excluding hydrogens is 368 g/mol. The first-order chi connectivity index (χ1) is 13.6. The highest BCUT2D eigenvalue weighted by atomic mass is 32.2. The molecule has 5 heteroatoms. The number of amides is 2. The number of thioether (sulfide) groups is 1. The van der Waals surface area contributed by atoms with Crippen LogP contribution in [0.15, 0.2) is 54.6 Å². The summed E-state index contributed by atoms with van der Waals surface area (Å²) < 4.78 is 0. The number of carbonyl (C=O) groups is 2. The van der Waals surface area contributed by atoms with Crippen molar-refractivity contribution in [2.24, 2.45) is 0 Å². The van der Waals surface area contributed by atoms with Gasteiger partial charge >= 0.3 is 0 Å². The molecule has 2 amide bonds. The van der Waals surface area contributed by atoms with Crippen LogP contribution in [0, 0.1) is 6.92 Å². The predicted octanol–water partition coefficient (Wildman–Crippen LogP) is 4.17. The molecule has 0 bridgehead atoms. The average Bonchev–Trinajstić information content (AvgIpc) is 2.70. The van der Waals surface area contributed by atoms with Crippen LogP contribution < -0.4 is 5.32 Å². The Kier molecular flexibility index (Phi) is 9.08. The number of nitrogens with zero attached hydrogens (tertiary/aromatic N) is 1. The van der Waals surface area contributed by atoms with E-state index in [1.165, 1.54) is 5.56 Å². The monoisotopic (exact) mass is 398 g/mol. The molecule has 0 saturated carbocycles. The molecule has 2 aromatic carbocycles. The maximum absolute atomic E-state index is 13.1. The lowest BCUT2D eigenvalue weighted by molar-refractivity contribution is -0.139. The molecule has 0 fully saturated rings. The van der Waals surface area contributed by atoms with Crippen molar-refractivity contribution < 1.29 is 9.59 Å². The number of likely N-dealkylation sites (N-methyl/N-ethyl adjacent to an activating group) is 1. The summed E-state index contributed by atoms with van der Waals surface area (Å²) in [4.78, 5) is 27.4. The summed E-state index contributed by atoms with van der Waals surface area (Å²) in [6.07, 6.45) is 0.590. The zero-order valence-corrected chi connectivity index (χ0v) is 17.8. The summed E-state index contributed by atoms with van der Waals surface area (Å²) in [6, 6.07) is 17.7. The second-order valence-electron chi connectivity index (χ2n) is 6.75. The van der Waals surface area contributed by atoms with Gasteiger partial charge < -0.3 is 10.2 Å². The van der Waals surface area contributed by atoms with Crippen LogP contribution in [0.5, 0.6) is 0 Å². The van der Waals surface area contributed by atoms with Gasteiger partial charge in [-0.3, -0.25) is 9.59 Å². The second kappa shape index (κ2) is 11.5. The van der Waals surface area contributed by atoms with Gasteiger partial charge in [0.1, 0.15) is 6.04 Å². The largest absolute Gasteiger partial charge is 0.355 e. The standard InChI is InChI=1S/C23H30N2O2S/c1-4-21(23(27)24-5-2)25(15-20-14-10-9-11-18(20)3)22(26)17-28-16-19-12-7-6-8-13-19/h6-14,21H,4-5,15-17H2,1-3H3,(H,24,27). The van der Waals surface area contributed by atoms with Crippen LogP contribution in [0.25, 0.3) is 0 Å². The number of aryl methyl sites for hydroxylation is 1. The number of hydrogen-bond donors (Lipinski definition) is 1. The van der Waals surface area contributed by atoms with Crippen molar-refractivity contribution >= 4 is 23.6 Å². The van der Waals surface area contributed by atoms with Gasteiger partial charge in [-0.05, 0) is 37.0 Å². The first kappa shape index (κ1) is 22.0. The third-order valence-corrected chi connectivity index (χ3v) is 5.66. The summed E-state index contributed by atoms with van der Waals surface area (Å²) in [7, 11) is 0. The first-order valence-electron chi connectivity index (χ1n) is 9.80. The highest BCUT2D eigenvalue weighted by Gasteiger charge is 2.28. The number of nitrogens with one attached hydrogen (secondary N) is 1. The Morgan fingerprint density at radius 2 is 1.71 bits per heavy atom. The number of rotatable bonds is 10. The van der Waals surface area contributed by atoms with Crippen molar-refractivity contribution in [2.45, 2.75) is 45.5 Å². The van der Waals surface area contributed by atoms with Crippen molar-refractivity contribution in [1.29, 1.82) is 0 Å². The van der Waals surface area contributed by atoms with Crippen molar-refractivity contribution in [3.05, 3.63) is 71.3 Å². The molecule has 0 aliphatic rings. The van der Waals surface area contributed by atoms with Gasteiger partial charge in [0.2, 0.25) is 11.8 Å². The molecule has 1 atom stereocenters. The minimum Gasteiger partial charge on any atom is -0.355 e. The molecule has 150 valence electrons. The van der Waals surface area contributed by atoms with E-state index in [1.807, 2.05) is 63.2 Å². The molecule has 4 nitrogen and oxygen atoms in total. The van der Waals surface area contributed by atoms with Gasteiger partial charge in [-0.2, -0.15) is 0 Å². The van der Waals surface area contributed by atoms with E-state index >= 15 is 0 Å². The Bertz CT molecular complexity index is 764. The van der Waals surface area contributed by atoms with Crippen LogP contribution in [0.1, 0.15) is 37.0 Å². The Hall–Kier alpha value is -2.27. The third kappa shape index (κ3) is 6.41. The van der Waals surface area contributed by atoms with Crippen molar-refractivity contribution in [1.82, 2.24) is 10.2 Å². The topological polar surface area (TPSA) is 49.4 Å². The van der Waals surface area contributed by atoms with E-state index in [4.69, 9.17) is 0 Å². The van der Waals surface area contributed by atoms with E-state index in [2.05, 4.69) is 17.4 Å². The summed E-state index contributed by atoms with van der Waals surface area (Å²) in [5.41, 5.74) is 3.40. The fourth-order valence-corrected chi connectivity index (χ4v) is 3.97. The lowest BCUT2D eigenvalue weighted by atomic mass is 10.1. The number of hydrogen-bond acceptors (Lipinski definition) is 3. The van der Waals surface area contributed by atoms with E-state index in [9.17, 15) is 9.59 Å². The van der Waals surface area contributed by atoms with E-state index in [0.29, 0.717) is 25.3 Å². The predicted molar refractivity (Wildman–Crippen MR) is 117 cm³/mol. The Morgan fingerprint density at radius 3 is 2.36 bits per heavy atom. The summed E-state index contributed by atoms with van der Waals surface area (Å²) >= 11 is 1.59. The minimum atomic E-state index is -0.454. The Labute approximate surface area is 172 Å². The zero-order valence-electron chi connectivity index (χ0n) is 17.0. The normalized spacial score (nSPS) is 11.7. The third-order valence-electron chi connectivity index (χ3n) is 4.68. The van der Waals surface area contributed by atoms with Crippen molar-refractivity contribution in [2.75, 3.05) is 12.3 Å². The number of carbonyl (C=O) groups excluding carboxylic acids is 2. The van der Waals surface area contributed by atoms with Crippen LogP contribution in [-0.4, -0.2) is 35.1 Å². The SMILES string of the molecule is CCNC(=O)C(CC)N(Cc1ccccc1C)C(=O)CSCc1ccccc1. The van der Waals surface area contributed by atoms with E-state index in [1.54, 1.807) is 16.7 Å². The fourth-order valence-electron chi connectivity index (χ4n) is 3.10. The smallest absolute Gasteiger partial charge is 0.242 e. The van der Waals surface area contributed by atoms with Gasteiger partial charge in [0.05, 0.1) is 5.75 Å². The van der Waals surface area contributed by atoms with Crippen molar-refractivity contribution in [3.8, 4) is 0 Å². The van der Waals surface area contributed by atoms with Gasteiger partial charge in [0.15, 0.2) is 0 Å². The lowest BCUT2D eigenvalue weighted by Gasteiger charge is -2.31. The Morgan fingerprint density at radius 1 is 1.04 bits per heavy atom. The van der Waals surface area contributed by atoms with Crippen LogP contribution in [0.3, 0.4) is 0 Å². The quantitative estimate of drug-likeness (QED) is 0.653. The highest BCUT2D eigenvalue weighted by molar-refractivity contribution is 7.99. The average molecular weight is 399 g/mol. The van der Waals surface area contributed by atoms with Crippen LogP contribution in [0.4, 0.5) is 0 Å². The lowest BCUT2D eigenvalue weighted by Crippen LogP contribution is -2.49. The molecule has 1 unspecified atom stereocenters. The minimum absolute atomic E-state index is 0.00212. The van der Waals surface area contributed by atoms with Gasteiger partial charge in [-0.25, -0.2) is 0 Å². The molecule has 0 radical (unpaired) electrons. The molecule has 0 aromatic heterocycles. The molecule has 0 saturated heterocycles. The summed E-state index contributed by atoms with van der Waals surface area (Å²) in [5, 5.41) is 2.87. The second-order valence-corrected chi connectivity index (χ2v) is 7.73. The van der Waals surface area contributed by atoms with Crippen LogP contribution in [0.2, 0.25) is 0 Å². The van der Waals surface area contributed by atoms with Gasteiger partial charge in [-0.15, -0.1) is 11.8 Å². The summed E-state index contributed by atoms with van der Waals surface area (Å²) in [5.74, 6) is 1.06. The highest BCUT2D eigenvalue weighted by Crippen LogP contribution is 2.18. The van der Waals surface area contributed by atoms with Crippen molar-refractivity contribution in [3.63, 3.8) is 0 Å². The molecule has 0 heterocycles. The molecule has 2 aromatic rings. The number of benzene rings is 2. The van der Waals surface area contributed by atoms with Gasteiger partial charge in [0.25, 0.3) is 0 Å². The molecule has 0 aliphatic heterocycles. The van der Waals surface area contributed by atoms with Gasteiger partial charge in [-0.1, -0.05) is 61.5 Å². The van der Waals surface area contributed by atoms with E-state index in [0.717, 1.165) is 16.9 Å². The first-order valence-corrected chi connectivity index (χ1v) is 11.0. The maximum Gasteiger partial charge on any atom is 0.242 e. The van der Waals surface area contributed by atoms with Crippen LogP contribution in [-0.2, 0) is 21.9 Å². The maximum atomic E-state index is 13.1. The summed E-state index contributed by atoms with van der Waals surface area (Å²) in [6.45, 7) is 6.90. The van der Waals surface area contributed by atoms with Gasteiger partial charge in [0, 0.05) is 18.8 Å². The molecule has 0 spiro atoms. The van der Waals surface area contributed by atoms with E-state index in [-0.39, 0.29) is 11.8 Å². The van der Waals surface area contributed by atoms with Crippen LogP contribution >= 0.6 is 11.8 Å². The molecule has 28 heavy (non-hydrogen) atoms. The fraction of sp³-hybridized carbons (Fsp3) is 0.391. The van der Waals surface area contributed by atoms with E-state index < -0.39 is 6.04 Å². The molecular formula is C23H30N2O2S. The Balaban J connectivity index is 2.12. The molecule has 1 N–H and O–H groups in total. The zero-order chi connectivity index (χ0) is 20.4.